The Morgan fingerprint density at radius 1 is 1.04 bits per heavy atom. The van der Waals surface area contributed by atoms with Crippen LogP contribution in [-0.2, 0) is 4.79 Å². The van der Waals surface area contributed by atoms with Gasteiger partial charge in [0.05, 0.1) is 5.69 Å². The van der Waals surface area contributed by atoms with Crippen LogP contribution in [-0.4, -0.2) is 21.6 Å². The Morgan fingerprint density at radius 3 is 2.54 bits per heavy atom. The zero-order valence-electron chi connectivity index (χ0n) is 14.7. The largest absolute Gasteiger partial charge is 0.326 e. The molecule has 0 fully saturated rings. The van der Waals surface area contributed by atoms with E-state index in [2.05, 4.69) is 15.7 Å². The van der Waals surface area contributed by atoms with Crippen LogP contribution in [0.2, 0.25) is 0 Å². The van der Waals surface area contributed by atoms with E-state index in [9.17, 15) is 9.59 Å². The molecule has 2 amide bonds. The first-order valence-electron chi connectivity index (χ1n) is 8.40. The van der Waals surface area contributed by atoms with Crippen LogP contribution in [0, 0.1) is 6.92 Å². The number of nitrogens with zero attached hydrogens (tertiary/aromatic N) is 2. The molecule has 0 unspecified atom stereocenters. The molecule has 6 heteroatoms. The number of nitrogens with one attached hydrogen (secondary N) is 2. The van der Waals surface area contributed by atoms with Gasteiger partial charge in [-0.3, -0.25) is 9.59 Å². The van der Waals surface area contributed by atoms with Gasteiger partial charge in [0.15, 0.2) is 5.69 Å². The Morgan fingerprint density at radius 2 is 1.81 bits per heavy atom. The fraction of sp³-hybridized carbons (Fsp3) is 0.150. The summed E-state index contributed by atoms with van der Waals surface area (Å²) in [6.45, 7) is 3.68. The van der Waals surface area contributed by atoms with E-state index in [1.807, 2.05) is 49.4 Å². The van der Waals surface area contributed by atoms with Gasteiger partial charge in [0.1, 0.15) is 0 Å². The minimum absolute atomic E-state index is 0.0762. The highest BCUT2D eigenvalue weighted by molar-refractivity contribution is 6.03. The topological polar surface area (TPSA) is 76.0 Å². The van der Waals surface area contributed by atoms with Crippen LogP contribution in [0.5, 0.6) is 0 Å². The molecule has 3 rings (SSSR count). The fourth-order valence-corrected chi connectivity index (χ4v) is 2.44. The molecule has 0 aliphatic rings. The molecule has 3 aromatic rings. The van der Waals surface area contributed by atoms with E-state index >= 15 is 0 Å². The van der Waals surface area contributed by atoms with Gasteiger partial charge < -0.3 is 10.6 Å². The van der Waals surface area contributed by atoms with E-state index in [0.717, 1.165) is 11.3 Å². The molecule has 2 N–H and O–H groups in total. The first-order valence-corrected chi connectivity index (χ1v) is 8.40. The lowest BCUT2D eigenvalue weighted by molar-refractivity contribution is -0.115. The molecule has 6 nitrogen and oxygen atoms in total. The van der Waals surface area contributed by atoms with Crippen molar-refractivity contribution in [2.75, 3.05) is 10.6 Å². The number of carbonyl (C=O) groups excluding carboxylic acids is 2. The molecule has 0 aliphatic heterocycles. The molecule has 0 atom stereocenters. The number of para-hydroxylation sites is 1. The summed E-state index contributed by atoms with van der Waals surface area (Å²) in [5.74, 6) is -0.380. The van der Waals surface area contributed by atoms with Crippen molar-refractivity contribution in [1.82, 2.24) is 9.78 Å². The van der Waals surface area contributed by atoms with Gasteiger partial charge in [-0.25, -0.2) is 4.68 Å². The second-order valence-electron chi connectivity index (χ2n) is 5.87. The van der Waals surface area contributed by atoms with Crippen LogP contribution in [0.3, 0.4) is 0 Å². The first kappa shape index (κ1) is 17.4. The van der Waals surface area contributed by atoms with Crippen molar-refractivity contribution in [3.05, 3.63) is 72.1 Å². The van der Waals surface area contributed by atoms with E-state index in [0.29, 0.717) is 23.5 Å². The lowest BCUT2D eigenvalue weighted by Crippen LogP contribution is -2.15. The molecular weight excluding hydrogens is 328 g/mol. The SMILES string of the molecule is CCC(=O)Nc1ccc(C)c(NC(=O)c2ccn(-c3ccccc3)n2)c1. The number of amides is 2. The molecule has 0 radical (unpaired) electrons. The minimum Gasteiger partial charge on any atom is -0.326 e. The summed E-state index contributed by atoms with van der Waals surface area (Å²) < 4.78 is 1.65. The summed E-state index contributed by atoms with van der Waals surface area (Å²) in [6.07, 6.45) is 2.14. The predicted molar refractivity (Wildman–Crippen MR) is 102 cm³/mol. The second-order valence-corrected chi connectivity index (χ2v) is 5.87. The van der Waals surface area contributed by atoms with Crippen molar-refractivity contribution >= 4 is 23.2 Å². The maximum absolute atomic E-state index is 12.5. The highest BCUT2D eigenvalue weighted by Crippen LogP contribution is 2.21. The van der Waals surface area contributed by atoms with E-state index in [1.165, 1.54) is 0 Å². The smallest absolute Gasteiger partial charge is 0.276 e. The molecule has 0 aliphatic carbocycles. The van der Waals surface area contributed by atoms with Gasteiger partial charge in [-0.1, -0.05) is 31.2 Å². The van der Waals surface area contributed by atoms with Crippen molar-refractivity contribution in [3.63, 3.8) is 0 Å². The van der Waals surface area contributed by atoms with Crippen LogP contribution >= 0.6 is 0 Å². The van der Waals surface area contributed by atoms with Gasteiger partial charge in [0.2, 0.25) is 5.91 Å². The molecule has 0 bridgehead atoms. The fourth-order valence-electron chi connectivity index (χ4n) is 2.44. The van der Waals surface area contributed by atoms with Gasteiger partial charge in [-0.2, -0.15) is 5.10 Å². The Hall–Kier alpha value is -3.41. The normalized spacial score (nSPS) is 10.4. The number of aryl methyl sites for hydroxylation is 1. The molecule has 132 valence electrons. The lowest BCUT2D eigenvalue weighted by Gasteiger charge is -2.10. The van der Waals surface area contributed by atoms with E-state index in [-0.39, 0.29) is 11.8 Å². The van der Waals surface area contributed by atoms with Gasteiger partial charge in [-0.15, -0.1) is 0 Å². The van der Waals surface area contributed by atoms with Gasteiger partial charge >= 0.3 is 0 Å². The Bertz CT molecular complexity index is 932. The third-order valence-electron chi connectivity index (χ3n) is 3.93. The molecule has 0 saturated carbocycles. The summed E-state index contributed by atoms with van der Waals surface area (Å²) in [5, 5.41) is 9.97. The van der Waals surface area contributed by atoms with Gasteiger partial charge in [-0.05, 0) is 42.8 Å². The van der Waals surface area contributed by atoms with Crippen LogP contribution in [0.15, 0.2) is 60.8 Å². The summed E-state index contributed by atoms with van der Waals surface area (Å²) in [6, 6.07) is 16.7. The van der Waals surface area contributed by atoms with Gasteiger partial charge in [0.25, 0.3) is 5.91 Å². The number of carbonyl (C=O) groups is 2. The monoisotopic (exact) mass is 348 g/mol. The van der Waals surface area contributed by atoms with Crippen LogP contribution in [0.25, 0.3) is 5.69 Å². The number of aromatic nitrogens is 2. The minimum atomic E-state index is -0.304. The van der Waals surface area contributed by atoms with Crippen molar-refractivity contribution < 1.29 is 9.59 Å². The predicted octanol–water partition coefficient (Wildman–Crippen LogP) is 3.78. The molecule has 26 heavy (non-hydrogen) atoms. The average molecular weight is 348 g/mol. The summed E-state index contributed by atoms with van der Waals surface area (Å²) in [5.41, 5.74) is 3.38. The van der Waals surface area contributed by atoms with E-state index < -0.39 is 0 Å². The Balaban J connectivity index is 1.77. The van der Waals surface area contributed by atoms with Crippen molar-refractivity contribution in [1.29, 1.82) is 0 Å². The van der Waals surface area contributed by atoms with Crippen LogP contribution in [0.4, 0.5) is 11.4 Å². The summed E-state index contributed by atoms with van der Waals surface area (Å²) >= 11 is 0. The standard InChI is InChI=1S/C20H20N4O2/c1-3-19(25)21-15-10-9-14(2)18(13-15)22-20(26)17-11-12-24(23-17)16-7-5-4-6-8-16/h4-13H,3H2,1-2H3,(H,21,25)(H,22,26). The van der Waals surface area contributed by atoms with Gasteiger partial charge in [0, 0.05) is 24.0 Å². The first-order chi connectivity index (χ1) is 12.6. The number of rotatable bonds is 5. The number of hydrogen-bond acceptors (Lipinski definition) is 3. The summed E-state index contributed by atoms with van der Waals surface area (Å²) in [7, 11) is 0. The Kier molecular flexibility index (Phi) is 5.12. The molecule has 0 saturated heterocycles. The third kappa shape index (κ3) is 3.97. The molecule has 0 spiro atoms. The molecule has 2 aromatic carbocycles. The van der Waals surface area contributed by atoms with Crippen LogP contribution in [0.1, 0.15) is 29.4 Å². The van der Waals surface area contributed by atoms with E-state index in [1.54, 1.807) is 29.9 Å². The zero-order valence-corrected chi connectivity index (χ0v) is 14.7. The molecule has 1 heterocycles. The number of anilines is 2. The maximum Gasteiger partial charge on any atom is 0.276 e. The van der Waals surface area contributed by atoms with Crippen molar-refractivity contribution in [3.8, 4) is 5.69 Å². The summed E-state index contributed by atoms with van der Waals surface area (Å²) in [4.78, 5) is 24.1. The second kappa shape index (κ2) is 7.65. The maximum atomic E-state index is 12.5. The number of benzene rings is 2. The lowest BCUT2D eigenvalue weighted by atomic mass is 10.1. The quantitative estimate of drug-likeness (QED) is 0.737. The molecular formula is C20H20N4O2. The van der Waals surface area contributed by atoms with Crippen LogP contribution < -0.4 is 10.6 Å². The number of hydrogen-bond donors (Lipinski definition) is 2. The zero-order chi connectivity index (χ0) is 18.5. The molecule has 1 aromatic heterocycles. The van der Waals surface area contributed by atoms with Crippen molar-refractivity contribution in [2.24, 2.45) is 0 Å². The van der Waals surface area contributed by atoms with Crippen molar-refractivity contribution in [2.45, 2.75) is 20.3 Å². The highest BCUT2D eigenvalue weighted by atomic mass is 16.2. The average Bonchev–Trinajstić information content (AvgIpc) is 3.15. The Labute approximate surface area is 151 Å². The third-order valence-corrected chi connectivity index (χ3v) is 3.93. The van der Waals surface area contributed by atoms with E-state index in [4.69, 9.17) is 0 Å². The highest BCUT2D eigenvalue weighted by Gasteiger charge is 2.12.